The van der Waals surface area contributed by atoms with E-state index < -0.39 is 22.8 Å². The smallest absolute Gasteiger partial charge is 0.323 e. The molecule has 0 aliphatic carbocycles. The lowest BCUT2D eigenvalue weighted by molar-refractivity contribution is 0.137. The predicted molar refractivity (Wildman–Crippen MR) is 177 cm³/mol. The molecule has 0 amide bonds. The summed E-state index contributed by atoms with van der Waals surface area (Å²) >= 11 is 0. The SMILES string of the molecule is C.CCOP(=O)(O)CN1CCN(Cc2ccc3cc(F)ccc3n2)CCN(CP(=O)(O)OCC)CCN(CP(=O)(O)OCC)CC1. The molecule has 0 spiro atoms. The zero-order valence-corrected chi connectivity index (χ0v) is 28.9. The summed E-state index contributed by atoms with van der Waals surface area (Å²) in [6.07, 6.45) is -0.714. The molecule has 264 valence electrons. The first-order chi connectivity index (χ1) is 21.2. The molecule has 18 heteroatoms. The second kappa shape index (κ2) is 19.1. The van der Waals surface area contributed by atoms with Crippen LogP contribution in [-0.4, -0.2) is 130 Å². The van der Waals surface area contributed by atoms with E-state index in [4.69, 9.17) is 18.6 Å². The third-order valence-electron chi connectivity index (χ3n) is 7.15. The highest BCUT2D eigenvalue weighted by Crippen LogP contribution is 2.44. The van der Waals surface area contributed by atoms with E-state index in [1.165, 1.54) is 12.1 Å². The van der Waals surface area contributed by atoms with Gasteiger partial charge in [-0.05, 0) is 45.0 Å². The van der Waals surface area contributed by atoms with Gasteiger partial charge in [0.25, 0.3) is 0 Å². The molecule has 1 aromatic carbocycles. The predicted octanol–water partition coefficient (Wildman–Crippen LogP) is 4.27. The average Bonchev–Trinajstić information content (AvgIpc) is 2.94. The van der Waals surface area contributed by atoms with E-state index in [0.29, 0.717) is 43.6 Å². The zero-order valence-electron chi connectivity index (χ0n) is 26.2. The number of hydrogen-bond donors (Lipinski definition) is 3. The number of pyridine rings is 1. The van der Waals surface area contributed by atoms with Crippen molar-refractivity contribution < 1.29 is 46.3 Å². The number of aromatic nitrogens is 1. The lowest BCUT2D eigenvalue weighted by atomic mass is 10.2. The number of hydrogen-bond acceptors (Lipinski definition) is 11. The van der Waals surface area contributed by atoms with E-state index in [-0.39, 0.29) is 78.1 Å². The highest BCUT2D eigenvalue weighted by atomic mass is 31.2. The van der Waals surface area contributed by atoms with Crippen LogP contribution in [0.2, 0.25) is 0 Å². The van der Waals surface area contributed by atoms with Gasteiger partial charge >= 0.3 is 22.8 Å². The molecule has 0 radical (unpaired) electrons. The van der Waals surface area contributed by atoms with Crippen LogP contribution in [0.5, 0.6) is 0 Å². The second-order valence-electron chi connectivity index (χ2n) is 10.9. The normalized spacial score (nSPS) is 20.9. The molecule has 1 aliphatic rings. The third-order valence-corrected chi connectivity index (χ3v) is 11.4. The van der Waals surface area contributed by atoms with Crippen LogP contribution in [0.15, 0.2) is 30.3 Å². The molecule has 14 nitrogen and oxygen atoms in total. The van der Waals surface area contributed by atoms with Crippen LogP contribution in [0, 0.1) is 5.82 Å². The summed E-state index contributed by atoms with van der Waals surface area (Å²) in [5.41, 5.74) is 1.39. The molecule has 3 N–H and O–H groups in total. The fourth-order valence-electron chi connectivity index (χ4n) is 5.10. The third kappa shape index (κ3) is 14.5. The van der Waals surface area contributed by atoms with E-state index in [1.807, 2.05) is 6.07 Å². The van der Waals surface area contributed by atoms with Crippen LogP contribution in [-0.2, 0) is 33.8 Å². The molecule has 1 aromatic heterocycles. The van der Waals surface area contributed by atoms with E-state index in [9.17, 15) is 32.8 Å². The number of rotatable bonds is 14. The molecule has 3 rings (SSSR count). The maximum absolute atomic E-state index is 13.7. The van der Waals surface area contributed by atoms with Gasteiger partial charge in [-0.3, -0.25) is 38.3 Å². The first kappa shape index (κ1) is 41.0. The van der Waals surface area contributed by atoms with Gasteiger partial charge in [0.05, 0.1) is 31.0 Å². The van der Waals surface area contributed by atoms with E-state index in [2.05, 4.69) is 4.90 Å². The van der Waals surface area contributed by atoms with Gasteiger partial charge in [-0.2, -0.15) is 0 Å². The van der Waals surface area contributed by atoms with Gasteiger partial charge in [0.2, 0.25) is 0 Å². The van der Waals surface area contributed by atoms with Crippen molar-refractivity contribution in [3.05, 3.63) is 41.8 Å². The van der Waals surface area contributed by atoms with Gasteiger partial charge in [-0.15, -0.1) is 0 Å². The maximum Gasteiger partial charge on any atom is 0.341 e. The minimum atomic E-state index is -3.96. The summed E-state index contributed by atoms with van der Waals surface area (Å²) < 4.78 is 67.2. The number of nitrogens with zero attached hydrogens (tertiary/aromatic N) is 5. The summed E-state index contributed by atoms with van der Waals surface area (Å²) in [4.78, 5) is 43.4. The Hall–Kier alpha value is -1.15. The Morgan fingerprint density at radius 1 is 0.674 bits per heavy atom. The Morgan fingerprint density at radius 2 is 1.07 bits per heavy atom. The van der Waals surface area contributed by atoms with Crippen molar-refractivity contribution in [2.24, 2.45) is 0 Å². The lowest BCUT2D eigenvalue weighted by Crippen LogP contribution is -2.46. The molecule has 2 heterocycles. The van der Waals surface area contributed by atoms with E-state index in [0.717, 1.165) is 5.69 Å². The molecule has 0 saturated carbocycles. The van der Waals surface area contributed by atoms with Crippen molar-refractivity contribution in [2.45, 2.75) is 34.7 Å². The molecule has 46 heavy (non-hydrogen) atoms. The highest BCUT2D eigenvalue weighted by molar-refractivity contribution is 7.53. The van der Waals surface area contributed by atoms with Gasteiger partial charge in [0.1, 0.15) is 24.7 Å². The van der Waals surface area contributed by atoms with E-state index in [1.54, 1.807) is 47.6 Å². The Labute approximate surface area is 272 Å². The monoisotopic (exact) mass is 713 g/mol. The summed E-state index contributed by atoms with van der Waals surface area (Å²) in [5.74, 6) is -0.347. The van der Waals surface area contributed by atoms with E-state index >= 15 is 0 Å². The van der Waals surface area contributed by atoms with Gasteiger partial charge in [-0.1, -0.05) is 13.5 Å². The van der Waals surface area contributed by atoms with Crippen molar-refractivity contribution >= 4 is 33.7 Å². The van der Waals surface area contributed by atoms with Gasteiger partial charge in [0.15, 0.2) is 0 Å². The standard InChI is InChI=1S/C27H47FN5O9P3.CH4/c1-4-40-43(34,35)21-31-13-11-30(20-26-9-7-24-19-25(28)8-10-27(24)29-26)12-14-32(22-44(36,37)41-5-2)16-18-33(17-15-31)23-45(38,39)42-6-3;/h7-10,19H,4-6,11-18,20-23H2,1-3H3,(H,34,35)(H,36,37)(H,38,39);1H4. The van der Waals surface area contributed by atoms with Crippen LogP contribution >= 0.6 is 22.8 Å². The summed E-state index contributed by atoms with van der Waals surface area (Å²) in [5, 5.41) is 0.676. The van der Waals surface area contributed by atoms with Crippen LogP contribution < -0.4 is 0 Å². The van der Waals surface area contributed by atoms with Crippen molar-refractivity contribution in [1.29, 1.82) is 0 Å². The fourth-order valence-corrected chi connectivity index (χ4v) is 8.92. The molecule has 3 unspecified atom stereocenters. The topological polar surface area (TPSA) is 165 Å². The Balaban J connectivity index is 0.00000736. The number of benzene rings is 1. The maximum atomic E-state index is 13.7. The van der Waals surface area contributed by atoms with Gasteiger partial charge < -0.3 is 28.3 Å². The van der Waals surface area contributed by atoms with Crippen LogP contribution in [0.4, 0.5) is 4.39 Å². The summed E-state index contributed by atoms with van der Waals surface area (Å²) in [6, 6.07) is 8.03. The Kier molecular flexibility index (Phi) is 17.1. The van der Waals surface area contributed by atoms with Gasteiger partial charge in [0, 0.05) is 64.3 Å². The summed E-state index contributed by atoms with van der Waals surface area (Å²) in [7, 11) is -11.8. The molecule has 2 aromatic rings. The first-order valence-corrected chi connectivity index (χ1v) is 20.4. The van der Waals surface area contributed by atoms with Crippen LogP contribution in [0.25, 0.3) is 10.9 Å². The molecule has 1 aliphatic heterocycles. The van der Waals surface area contributed by atoms with Crippen LogP contribution in [0.3, 0.4) is 0 Å². The lowest BCUT2D eigenvalue weighted by Gasteiger charge is -2.35. The van der Waals surface area contributed by atoms with Gasteiger partial charge in [-0.25, -0.2) is 4.39 Å². The Morgan fingerprint density at radius 3 is 1.46 bits per heavy atom. The molecule has 1 fully saturated rings. The summed E-state index contributed by atoms with van der Waals surface area (Å²) in [6.45, 7) is 8.26. The molecule has 0 bridgehead atoms. The number of fused-ring (bicyclic) bond motifs is 1. The molecule has 3 atom stereocenters. The fraction of sp³-hybridized carbons (Fsp3) is 0.679. The Bertz CT molecular complexity index is 1330. The van der Waals surface area contributed by atoms with Crippen molar-refractivity contribution in [3.63, 3.8) is 0 Å². The first-order valence-electron chi connectivity index (χ1n) is 15.1. The molecular formula is C28H51FN5O9P3. The van der Waals surface area contributed by atoms with Crippen molar-refractivity contribution in [3.8, 4) is 0 Å². The molecular weight excluding hydrogens is 662 g/mol. The minimum Gasteiger partial charge on any atom is -0.323 e. The molecule has 1 saturated heterocycles. The zero-order chi connectivity index (χ0) is 33.1. The highest BCUT2D eigenvalue weighted by Gasteiger charge is 2.29. The minimum absolute atomic E-state index is 0. The second-order valence-corrected chi connectivity index (χ2v) is 16.3. The van der Waals surface area contributed by atoms with Crippen molar-refractivity contribution in [2.75, 3.05) is 91.0 Å². The quantitative estimate of drug-likeness (QED) is 0.238. The average molecular weight is 714 g/mol. The largest absolute Gasteiger partial charge is 0.341 e. The number of halogens is 1. The van der Waals surface area contributed by atoms with Crippen LogP contribution in [0.1, 0.15) is 33.9 Å². The van der Waals surface area contributed by atoms with Crippen molar-refractivity contribution in [1.82, 2.24) is 24.6 Å².